The third-order valence-corrected chi connectivity index (χ3v) is 6.47. The van der Waals surface area contributed by atoms with Gasteiger partial charge in [-0.05, 0) is 50.3 Å². The van der Waals surface area contributed by atoms with Crippen LogP contribution in [0.15, 0.2) is 12.3 Å². The van der Waals surface area contributed by atoms with Gasteiger partial charge in [0, 0.05) is 26.3 Å². The lowest BCUT2D eigenvalue weighted by Crippen LogP contribution is -2.26. The molecule has 0 spiro atoms. The molecule has 2 aliphatic carbocycles. The van der Waals surface area contributed by atoms with E-state index in [4.69, 9.17) is 9.47 Å². The number of carbonyl (C=O) groups is 1. The predicted octanol–water partition coefficient (Wildman–Crippen LogP) is 4.03. The standard InChI is InChI=1S/C19H29NO3Si/c1-19(2,3)23-18(21)17-13-9-12-10-15(20-11-14(12)16(13)17)22-7-8-24(4,5)6/h10-11,13,16-17H,7-9H2,1-6H3/t13-,16-,17+/m1/s1. The van der Waals surface area contributed by atoms with Crippen molar-refractivity contribution >= 4 is 14.0 Å². The normalized spacial score (nSPS) is 25.0. The molecular formula is C19H29NO3Si. The molecule has 2 aliphatic rings. The van der Waals surface area contributed by atoms with E-state index in [1.54, 1.807) is 0 Å². The quantitative estimate of drug-likeness (QED) is 0.596. The maximum Gasteiger partial charge on any atom is 0.310 e. The van der Waals surface area contributed by atoms with Gasteiger partial charge < -0.3 is 9.47 Å². The molecule has 1 heterocycles. The molecule has 1 saturated carbocycles. The van der Waals surface area contributed by atoms with E-state index < -0.39 is 13.7 Å². The Morgan fingerprint density at radius 1 is 1.33 bits per heavy atom. The lowest BCUT2D eigenvalue weighted by molar-refractivity contribution is -0.157. The largest absolute Gasteiger partial charge is 0.478 e. The van der Waals surface area contributed by atoms with Crippen LogP contribution in [-0.2, 0) is 16.0 Å². The monoisotopic (exact) mass is 347 g/mol. The number of ether oxygens (including phenoxy) is 2. The van der Waals surface area contributed by atoms with Crippen molar-refractivity contribution in [2.45, 2.75) is 64.4 Å². The fourth-order valence-corrected chi connectivity index (χ4v) is 4.21. The van der Waals surface area contributed by atoms with Gasteiger partial charge in [0.05, 0.1) is 12.5 Å². The van der Waals surface area contributed by atoms with Gasteiger partial charge in [0.15, 0.2) is 0 Å². The number of hydrogen-bond donors (Lipinski definition) is 0. The van der Waals surface area contributed by atoms with Crippen molar-refractivity contribution in [3.05, 3.63) is 23.4 Å². The zero-order valence-corrected chi connectivity index (χ0v) is 16.7. The molecule has 5 heteroatoms. The van der Waals surface area contributed by atoms with E-state index in [1.807, 2.05) is 27.0 Å². The van der Waals surface area contributed by atoms with Gasteiger partial charge in [-0.15, -0.1) is 0 Å². The highest BCUT2D eigenvalue weighted by Gasteiger charge is 2.60. The molecule has 0 aromatic carbocycles. The highest BCUT2D eigenvalue weighted by Crippen LogP contribution is 2.62. The van der Waals surface area contributed by atoms with Gasteiger partial charge in [-0.3, -0.25) is 4.79 Å². The Balaban J connectivity index is 1.60. The summed E-state index contributed by atoms with van der Waals surface area (Å²) in [5.41, 5.74) is 2.10. The van der Waals surface area contributed by atoms with E-state index in [1.165, 1.54) is 11.1 Å². The molecule has 0 radical (unpaired) electrons. The van der Waals surface area contributed by atoms with E-state index in [0.29, 0.717) is 11.8 Å². The van der Waals surface area contributed by atoms with Crippen molar-refractivity contribution in [1.82, 2.24) is 4.98 Å². The number of hydrogen-bond acceptors (Lipinski definition) is 4. The third kappa shape index (κ3) is 3.82. The molecule has 0 bridgehead atoms. The Labute approximate surface area is 146 Å². The van der Waals surface area contributed by atoms with Crippen molar-refractivity contribution in [3.63, 3.8) is 0 Å². The number of rotatable bonds is 5. The molecule has 1 aromatic heterocycles. The minimum atomic E-state index is -1.08. The first-order valence-corrected chi connectivity index (χ1v) is 12.6. The highest BCUT2D eigenvalue weighted by atomic mass is 28.3. The lowest BCUT2D eigenvalue weighted by atomic mass is 10.0. The summed E-state index contributed by atoms with van der Waals surface area (Å²) in [4.78, 5) is 16.7. The average Bonchev–Trinajstić information content (AvgIpc) is 2.99. The zero-order chi connectivity index (χ0) is 17.7. The van der Waals surface area contributed by atoms with E-state index in [-0.39, 0.29) is 11.9 Å². The van der Waals surface area contributed by atoms with Gasteiger partial charge in [-0.2, -0.15) is 0 Å². The number of fused-ring (bicyclic) bond motifs is 3. The van der Waals surface area contributed by atoms with Crippen molar-refractivity contribution in [1.29, 1.82) is 0 Å². The summed E-state index contributed by atoms with van der Waals surface area (Å²) in [6.07, 6.45) is 2.85. The van der Waals surface area contributed by atoms with Crippen LogP contribution in [0.1, 0.15) is 37.8 Å². The van der Waals surface area contributed by atoms with Crippen LogP contribution in [0.25, 0.3) is 0 Å². The second-order valence-corrected chi connectivity index (χ2v) is 15.0. The molecule has 0 unspecified atom stereocenters. The van der Waals surface area contributed by atoms with Crippen LogP contribution in [0, 0.1) is 11.8 Å². The third-order valence-electron chi connectivity index (χ3n) is 4.76. The van der Waals surface area contributed by atoms with Crippen molar-refractivity contribution < 1.29 is 14.3 Å². The predicted molar refractivity (Wildman–Crippen MR) is 97.2 cm³/mol. The summed E-state index contributed by atoms with van der Waals surface area (Å²) in [5, 5.41) is 0. The molecule has 0 amide bonds. The second-order valence-electron chi connectivity index (χ2n) is 9.33. The Bertz CT molecular complexity index is 645. The second kappa shape index (κ2) is 5.87. The number of carbonyl (C=O) groups excluding carboxylic acids is 1. The Hall–Kier alpha value is -1.36. The minimum absolute atomic E-state index is 0.0252. The topological polar surface area (TPSA) is 48.4 Å². The van der Waals surface area contributed by atoms with Crippen LogP contribution in [0.4, 0.5) is 0 Å². The summed E-state index contributed by atoms with van der Waals surface area (Å²) in [6, 6.07) is 3.20. The highest BCUT2D eigenvalue weighted by molar-refractivity contribution is 6.76. The Morgan fingerprint density at radius 2 is 2.04 bits per heavy atom. The molecule has 3 rings (SSSR count). The van der Waals surface area contributed by atoms with E-state index in [9.17, 15) is 4.79 Å². The Morgan fingerprint density at radius 3 is 2.67 bits per heavy atom. The molecule has 4 nitrogen and oxygen atoms in total. The fraction of sp³-hybridized carbons (Fsp3) is 0.684. The molecule has 1 aromatic rings. The zero-order valence-electron chi connectivity index (χ0n) is 15.7. The van der Waals surface area contributed by atoms with Gasteiger partial charge in [0.25, 0.3) is 0 Å². The number of esters is 1. The number of aromatic nitrogens is 1. The summed E-state index contributed by atoms with van der Waals surface area (Å²) in [7, 11) is -1.08. The van der Waals surface area contributed by atoms with Crippen LogP contribution in [0.5, 0.6) is 5.88 Å². The van der Waals surface area contributed by atoms with Gasteiger partial charge >= 0.3 is 5.97 Å². The summed E-state index contributed by atoms with van der Waals surface area (Å²) in [6.45, 7) is 13.5. The average molecular weight is 348 g/mol. The number of nitrogens with zero attached hydrogens (tertiary/aromatic N) is 1. The van der Waals surface area contributed by atoms with Crippen LogP contribution < -0.4 is 4.74 Å². The summed E-state index contributed by atoms with van der Waals surface area (Å²) < 4.78 is 11.4. The van der Waals surface area contributed by atoms with Gasteiger partial charge in [0.2, 0.25) is 5.88 Å². The first-order chi connectivity index (χ1) is 11.1. The first kappa shape index (κ1) is 17.5. The van der Waals surface area contributed by atoms with E-state index in [0.717, 1.165) is 25.0 Å². The molecule has 1 fully saturated rings. The van der Waals surface area contributed by atoms with Gasteiger partial charge in [-0.25, -0.2) is 4.98 Å². The van der Waals surface area contributed by atoms with Crippen LogP contribution >= 0.6 is 0 Å². The summed E-state index contributed by atoms with van der Waals surface area (Å²) >= 11 is 0. The summed E-state index contributed by atoms with van der Waals surface area (Å²) in [5.74, 6) is 1.39. The van der Waals surface area contributed by atoms with E-state index >= 15 is 0 Å². The van der Waals surface area contributed by atoms with Crippen molar-refractivity contribution in [2.75, 3.05) is 6.61 Å². The molecule has 132 valence electrons. The van der Waals surface area contributed by atoms with Crippen LogP contribution in [-0.4, -0.2) is 31.2 Å². The molecular weight excluding hydrogens is 318 g/mol. The van der Waals surface area contributed by atoms with Gasteiger partial charge in [-0.1, -0.05) is 19.6 Å². The SMILES string of the molecule is CC(C)(C)OC(=O)[C@H]1[C@@H]2Cc3cc(OCC[Si](C)(C)C)ncc3[C@@H]21. The minimum Gasteiger partial charge on any atom is -0.478 e. The van der Waals surface area contributed by atoms with Gasteiger partial charge in [0.1, 0.15) is 5.60 Å². The smallest absolute Gasteiger partial charge is 0.310 e. The first-order valence-electron chi connectivity index (χ1n) is 8.90. The fourth-order valence-electron chi connectivity index (χ4n) is 3.50. The molecule has 24 heavy (non-hydrogen) atoms. The van der Waals surface area contributed by atoms with Crippen molar-refractivity contribution in [3.8, 4) is 5.88 Å². The number of pyridine rings is 1. The Kier molecular flexibility index (Phi) is 4.27. The maximum atomic E-state index is 12.3. The van der Waals surface area contributed by atoms with E-state index in [2.05, 4.69) is 30.7 Å². The molecule has 3 atom stereocenters. The van der Waals surface area contributed by atoms with Crippen LogP contribution in [0.3, 0.4) is 0 Å². The van der Waals surface area contributed by atoms with Crippen LogP contribution in [0.2, 0.25) is 25.7 Å². The molecule has 0 saturated heterocycles. The molecule has 0 aliphatic heterocycles. The maximum absolute atomic E-state index is 12.3. The lowest BCUT2D eigenvalue weighted by Gasteiger charge is -2.20. The molecule has 0 N–H and O–H groups in total. The van der Waals surface area contributed by atoms with Crippen molar-refractivity contribution in [2.24, 2.45) is 11.8 Å².